The van der Waals surface area contributed by atoms with E-state index >= 15 is 0 Å². The molecule has 2 unspecified atom stereocenters. The van der Waals surface area contributed by atoms with Gasteiger partial charge in [-0.05, 0) is 32.1 Å². The number of anilines is 1. The maximum Gasteiger partial charge on any atom is 0.125 e. The second-order valence-electron chi connectivity index (χ2n) is 4.53. The minimum absolute atomic E-state index is 0.192. The molecule has 0 bridgehead atoms. The predicted octanol–water partition coefficient (Wildman–Crippen LogP) is 1.39. The number of hydrogen-bond acceptors (Lipinski definition) is 3. The Balaban J connectivity index is 2.17. The molecular weight excluding hydrogens is 207 g/mol. The molecule has 16 heavy (non-hydrogen) atoms. The first-order chi connectivity index (χ1) is 7.58. The number of benzene rings is 1. The van der Waals surface area contributed by atoms with Crippen LogP contribution < -0.4 is 5.73 Å². The van der Waals surface area contributed by atoms with Gasteiger partial charge in [-0.25, -0.2) is 4.39 Å². The molecule has 1 aromatic rings. The Kier molecular flexibility index (Phi) is 3.12. The van der Waals surface area contributed by atoms with Crippen LogP contribution in [0.25, 0.3) is 0 Å². The molecule has 2 atom stereocenters. The number of halogens is 1. The zero-order valence-electron chi connectivity index (χ0n) is 9.36. The lowest BCUT2D eigenvalue weighted by atomic mass is 9.94. The zero-order valence-corrected chi connectivity index (χ0v) is 9.36. The van der Waals surface area contributed by atoms with Crippen molar-refractivity contribution in [3.8, 4) is 0 Å². The van der Waals surface area contributed by atoms with Crippen molar-refractivity contribution in [3.63, 3.8) is 0 Å². The van der Waals surface area contributed by atoms with Gasteiger partial charge in [-0.2, -0.15) is 0 Å². The lowest BCUT2D eigenvalue weighted by Crippen LogP contribution is -2.19. The summed E-state index contributed by atoms with van der Waals surface area (Å²) >= 11 is 0. The summed E-state index contributed by atoms with van der Waals surface area (Å²) < 4.78 is 12.9. The predicted molar refractivity (Wildman–Crippen MR) is 61.4 cm³/mol. The highest BCUT2D eigenvalue weighted by Crippen LogP contribution is 2.32. The highest BCUT2D eigenvalue weighted by Gasteiger charge is 2.28. The number of rotatable bonds is 2. The Hall–Kier alpha value is -1.13. The van der Waals surface area contributed by atoms with Crippen molar-refractivity contribution in [3.05, 3.63) is 29.6 Å². The van der Waals surface area contributed by atoms with E-state index < -0.39 is 6.10 Å². The highest BCUT2D eigenvalue weighted by molar-refractivity contribution is 5.48. The van der Waals surface area contributed by atoms with Crippen molar-refractivity contribution in [1.82, 2.24) is 4.90 Å². The van der Waals surface area contributed by atoms with Gasteiger partial charge in [-0.15, -0.1) is 0 Å². The molecule has 0 aromatic heterocycles. The molecule has 0 amide bonds. The quantitative estimate of drug-likeness (QED) is 0.746. The zero-order chi connectivity index (χ0) is 11.7. The topological polar surface area (TPSA) is 49.5 Å². The molecule has 0 spiro atoms. The van der Waals surface area contributed by atoms with Gasteiger partial charge in [0.2, 0.25) is 0 Å². The van der Waals surface area contributed by atoms with E-state index in [2.05, 4.69) is 4.90 Å². The van der Waals surface area contributed by atoms with Gasteiger partial charge >= 0.3 is 0 Å². The fourth-order valence-electron chi connectivity index (χ4n) is 2.30. The first-order valence-electron chi connectivity index (χ1n) is 5.49. The number of nitrogens with two attached hydrogens (primary N) is 1. The third-order valence-electron chi connectivity index (χ3n) is 3.24. The molecule has 3 nitrogen and oxygen atoms in total. The molecular formula is C12H17FN2O. The summed E-state index contributed by atoms with van der Waals surface area (Å²) in [6, 6.07) is 4.18. The summed E-state index contributed by atoms with van der Waals surface area (Å²) in [7, 11) is 2.03. The highest BCUT2D eigenvalue weighted by atomic mass is 19.1. The molecule has 1 saturated heterocycles. The van der Waals surface area contributed by atoms with E-state index in [9.17, 15) is 9.50 Å². The molecule has 4 heteroatoms. The lowest BCUT2D eigenvalue weighted by Gasteiger charge is -2.19. The number of aliphatic hydroxyl groups excluding tert-OH is 1. The first kappa shape index (κ1) is 11.4. The number of aliphatic hydroxyl groups is 1. The van der Waals surface area contributed by atoms with Crippen LogP contribution in [0.15, 0.2) is 18.2 Å². The Morgan fingerprint density at radius 1 is 1.56 bits per heavy atom. The van der Waals surface area contributed by atoms with Crippen LogP contribution in [-0.4, -0.2) is 30.1 Å². The monoisotopic (exact) mass is 224 g/mol. The first-order valence-corrected chi connectivity index (χ1v) is 5.49. The van der Waals surface area contributed by atoms with E-state index in [4.69, 9.17) is 5.73 Å². The van der Waals surface area contributed by atoms with Gasteiger partial charge in [0, 0.05) is 23.7 Å². The van der Waals surface area contributed by atoms with Crippen LogP contribution >= 0.6 is 0 Å². The molecule has 1 aliphatic heterocycles. The lowest BCUT2D eigenvalue weighted by molar-refractivity contribution is 0.113. The van der Waals surface area contributed by atoms with Gasteiger partial charge in [-0.3, -0.25) is 0 Å². The van der Waals surface area contributed by atoms with Gasteiger partial charge in [0.25, 0.3) is 0 Å². The average molecular weight is 224 g/mol. The van der Waals surface area contributed by atoms with Crippen molar-refractivity contribution >= 4 is 5.69 Å². The number of nitrogen functional groups attached to an aromatic ring is 1. The van der Waals surface area contributed by atoms with Gasteiger partial charge in [0.15, 0.2) is 0 Å². The maximum absolute atomic E-state index is 12.9. The normalized spacial score (nSPS) is 23.6. The van der Waals surface area contributed by atoms with Crippen LogP contribution in [-0.2, 0) is 0 Å². The van der Waals surface area contributed by atoms with Crippen molar-refractivity contribution < 1.29 is 9.50 Å². The smallest absolute Gasteiger partial charge is 0.125 e. The van der Waals surface area contributed by atoms with Crippen molar-refractivity contribution in [2.45, 2.75) is 12.5 Å². The summed E-state index contributed by atoms with van der Waals surface area (Å²) in [5, 5.41) is 10.2. The molecule has 0 aliphatic carbocycles. The SMILES string of the molecule is CN1CCC(C(O)c2ccc(F)cc2N)C1. The summed E-state index contributed by atoms with van der Waals surface area (Å²) in [6.45, 7) is 1.85. The van der Waals surface area contributed by atoms with Crippen LogP contribution in [0.4, 0.5) is 10.1 Å². The van der Waals surface area contributed by atoms with Crippen LogP contribution in [0.5, 0.6) is 0 Å². The van der Waals surface area contributed by atoms with Crippen molar-refractivity contribution in [2.24, 2.45) is 5.92 Å². The third kappa shape index (κ3) is 2.18. The number of nitrogens with zero attached hydrogens (tertiary/aromatic N) is 1. The third-order valence-corrected chi connectivity index (χ3v) is 3.24. The van der Waals surface area contributed by atoms with Crippen LogP contribution in [0, 0.1) is 11.7 Å². The Labute approximate surface area is 94.7 Å². The standard InChI is InChI=1S/C12H17FN2O/c1-15-5-4-8(7-15)12(16)10-3-2-9(13)6-11(10)14/h2-3,6,8,12,16H,4-5,7,14H2,1H3. The minimum atomic E-state index is -0.592. The van der Waals surface area contributed by atoms with Crippen LogP contribution in [0.2, 0.25) is 0 Å². The Morgan fingerprint density at radius 3 is 2.88 bits per heavy atom. The van der Waals surface area contributed by atoms with E-state index in [1.54, 1.807) is 6.07 Å². The molecule has 0 saturated carbocycles. The Bertz CT molecular complexity index is 383. The summed E-state index contributed by atoms with van der Waals surface area (Å²) in [5.74, 6) is -0.172. The minimum Gasteiger partial charge on any atom is -0.398 e. The van der Waals surface area contributed by atoms with E-state index in [1.165, 1.54) is 12.1 Å². The molecule has 1 aliphatic rings. The molecule has 1 fully saturated rings. The van der Waals surface area contributed by atoms with Crippen LogP contribution in [0.3, 0.4) is 0 Å². The van der Waals surface area contributed by atoms with Crippen molar-refractivity contribution in [2.75, 3.05) is 25.9 Å². The summed E-state index contributed by atoms with van der Waals surface area (Å²) in [6.07, 6.45) is 0.361. The van der Waals surface area contributed by atoms with E-state index in [0.29, 0.717) is 11.3 Å². The summed E-state index contributed by atoms with van der Waals surface area (Å²) in [4.78, 5) is 2.17. The van der Waals surface area contributed by atoms with Gasteiger partial charge in [0.05, 0.1) is 6.10 Å². The summed E-state index contributed by atoms with van der Waals surface area (Å²) in [5.41, 5.74) is 6.69. The number of likely N-dealkylation sites (tertiary alicyclic amines) is 1. The van der Waals surface area contributed by atoms with Gasteiger partial charge < -0.3 is 15.7 Å². The number of hydrogen-bond donors (Lipinski definition) is 2. The van der Waals surface area contributed by atoms with Crippen molar-refractivity contribution in [1.29, 1.82) is 0 Å². The molecule has 3 N–H and O–H groups in total. The Morgan fingerprint density at radius 2 is 2.31 bits per heavy atom. The van der Waals surface area contributed by atoms with Gasteiger partial charge in [-0.1, -0.05) is 6.07 Å². The fraction of sp³-hybridized carbons (Fsp3) is 0.500. The largest absolute Gasteiger partial charge is 0.398 e. The maximum atomic E-state index is 12.9. The average Bonchev–Trinajstić information content (AvgIpc) is 2.64. The fourth-order valence-corrected chi connectivity index (χ4v) is 2.30. The molecule has 0 radical (unpaired) electrons. The molecule has 88 valence electrons. The second kappa shape index (κ2) is 4.39. The van der Waals surface area contributed by atoms with E-state index in [0.717, 1.165) is 19.5 Å². The second-order valence-corrected chi connectivity index (χ2v) is 4.53. The van der Waals surface area contributed by atoms with E-state index in [-0.39, 0.29) is 11.7 Å². The molecule has 1 aromatic carbocycles. The molecule has 1 heterocycles. The van der Waals surface area contributed by atoms with Crippen LogP contribution in [0.1, 0.15) is 18.1 Å². The van der Waals surface area contributed by atoms with E-state index in [1.807, 2.05) is 7.05 Å². The molecule has 2 rings (SSSR count). The van der Waals surface area contributed by atoms with Gasteiger partial charge in [0.1, 0.15) is 5.82 Å².